The Morgan fingerprint density at radius 3 is 2.10 bits per heavy atom. The predicted molar refractivity (Wildman–Crippen MR) is 65.0 cm³/mol. The topological polar surface area (TPSA) is 159 Å². The zero-order chi connectivity index (χ0) is 16.1. The summed E-state index contributed by atoms with van der Waals surface area (Å²) in [6.07, 6.45) is 0.724. The van der Waals surface area contributed by atoms with Crippen LogP contribution >= 0.6 is 0 Å². The maximum atomic E-state index is 11.8. The first kappa shape index (κ1) is 17.5. The molecule has 0 aromatic heterocycles. The number of nitrogens with one attached hydrogen (secondary N) is 1. The molecule has 1 unspecified atom stereocenters. The van der Waals surface area contributed by atoms with Crippen LogP contribution in [0.5, 0.6) is 0 Å². The molecule has 20 heavy (non-hydrogen) atoms. The minimum absolute atomic E-state index is 0.195. The van der Waals surface area contributed by atoms with Crippen molar-refractivity contribution in [2.75, 3.05) is 21.1 Å². The first-order chi connectivity index (χ1) is 9.10. The van der Waals surface area contributed by atoms with Crippen LogP contribution in [-0.4, -0.2) is 68.7 Å². The molecule has 3 N–H and O–H groups in total. The molecular weight excluding hydrogens is 294 g/mol. The van der Waals surface area contributed by atoms with E-state index in [9.17, 15) is 27.6 Å². The lowest BCUT2D eigenvalue weighted by Gasteiger charge is -2.27. The molecule has 0 saturated carbocycles. The molecule has 0 aliphatic heterocycles. The van der Waals surface area contributed by atoms with E-state index in [2.05, 4.69) is 4.40 Å². The van der Waals surface area contributed by atoms with Crippen LogP contribution in [0.4, 0.5) is 4.79 Å². The second-order valence-corrected chi connectivity index (χ2v) is 5.02. The van der Waals surface area contributed by atoms with E-state index in [0.29, 0.717) is 0 Å². The van der Waals surface area contributed by atoms with E-state index in [4.69, 9.17) is 5.73 Å². The molecule has 0 rings (SSSR count). The zero-order valence-electron chi connectivity index (χ0n) is 10.9. The van der Waals surface area contributed by atoms with Gasteiger partial charge in [-0.2, -0.15) is 12.7 Å². The maximum Gasteiger partial charge on any atom is 0.360 e. The summed E-state index contributed by atoms with van der Waals surface area (Å²) in [6, 6.07) is -3.46. The number of likely N-dealkylation sites (N-methyl/N-ethyl adjacent to an activating group) is 1. The molecule has 11 nitrogen and oxygen atoms in total. The Balaban J connectivity index is 6.12. The standard InChI is InChI=1S/C8H13N5O6S/c1-10-7(16)5(6(9)15)13(8(17)12(2)3)20(18,19)11-4-14/h5H,1-3H3,(H2,9,15)(H,10,16). The summed E-state index contributed by atoms with van der Waals surface area (Å²) < 4.78 is 25.7. The summed E-state index contributed by atoms with van der Waals surface area (Å²) in [5.74, 6) is -2.57. The summed E-state index contributed by atoms with van der Waals surface area (Å²) in [6.45, 7) is 0. The molecule has 0 spiro atoms. The van der Waals surface area contributed by atoms with Crippen molar-refractivity contribution in [3.8, 4) is 0 Å². The van der Waals surface area contributed by atoms with Gasteiger partial charge in [-0.05, 0) is 0 Å². The summed E-state index contributed by atoms with van der Waals surface area (Å²) in [7, 11) is -1.50. The predicted octanol–water partition coefficient (Wildman–Crippen LogP) is -2.85. The molecule has 0 fully saturated rings. The largest absolute Gasteiger partial charge is 0.367 e. The summed E-state index contributed by atoms with van der Waals surface area (Å²) >= 11 is 0. The summed E-state index contributed by atoms with van der Waals surface area (Å²) in [4.78, 5) is 45.5. The number of carbonyl (C=O) groups excluding carboxylic acids is 4. The number of urea groups is 1. The van der Waals surface area contributed by atoms with E-state index in [1.54, 1.807) is 0 Å². The van der Waals surface area contributed by atoms with Gasteiger partial charge in [0.15, 0.2) is 0 Å². The average Bonchev–Trinajstić information content (AvgIpc) is 2.33. The van der Waals surface area contributed by atoms with Gasteiger partial charge < -0.3 is 16.0 Å². The first-order valence-electron chi connectivity index (χ1n) is 4.95. The van der Waals surface area contributed by atoms with Gasteiger partial charge in [-0.1, -0.05) is 4.40 Å². The van der Waals surface area contributed by atoms with Crippen LogP contribution in [0.15, 0.2) is 4.40 Å². The van der Waals surface area contributed by atoms with Crippen molar-refractivity contribution in [3.05, 3.63) is 0 Å². The smallest absolute Gasteiger partial charge is 0.360 e. The Hall–Kier alpha value is -2.46. The highest BCUT2D eigenvalue weighted by Gasteiger charge is 2.43. The number of nitrogens with two attached hydrogens (primary N) is 1. The molecule has 0 aromatic rings. The molecule has 0 bridgehead atoms. The zero-order valence-corrected chi connectivity index (χ0v) is 11.7. The molecule has 4 amide bonds. The van der Waals surface area contributed by atoms with Crippen molar-refractivity contribution < 1.29 is 27.6 Å². The first-order valence-corrected chi connectivity index (χ1v) is 6.35. The Bertz CT molecular complexity index is 564. The SMILES string of the molecule is CNC(=O)C(C(N)=O)N(C(=O)N(C)C)S(=O)(=O)N=C=O. The third-order valence-electron chi connectivity index (χ3n) is 1.97. The molecule has 0 aliphatic carbocycles. The van der Waals surface area contributed by atoms with Crippen LogP contribution < -0.4 is 11.1 Å². The number of isocyanates is 1. The highest BCUT2D eigenvalue weighted by atomic mass is 32.2. The Morgan fingerprint density at radius 2 is 1.80 bits per heavy atom. The van der Waals surface area contributed by atoms with E-state index in [1.165, 1.54) is 0 Å². The maximum absolute atomic E-state index is 11.8. The van der Waals surface area contributed by atoms with Gasteiger partial charge in [0, 0.05) is 21.1 Å². The molecule has 1 atom stereocenters. The molecule has 0 heterocycles. The van der Waals surface area contributed by atoms with Gasteiger partial charge in [-0.15, -0.1) is 0 Å². The van der Waals surface area contributed by atoms with Crippen molar-refractivity contribution in [2.24, 2.45) is 10.1 Å². The number of primary amides is 1. The second-order valence-electron chi connectivity index (χ2n) is 3.55. The monoisotopic (exact) mass is 307 g/mol. The number of hydrogen-bond acceptors (Lipinski definition) is 6. The highest BCUT2D eigenvalue weighted by molar-refractivity contribution is 7.88. The molecule has 112 valence electrons. The van der Waals surface area contributed by atoms with Crippen LogP contribution in [0.1, 0.15) is 0 Å². The molecule has 0 aromatic carbocycles. The lowest BCUT2D eigenvalue weighted by molar-refractivity contribution is -0.132. The van der Waals surface area contributed by atoms with E-state index in [-0.39, 0.29) is 4.31 Å². The van der Waals surface area contributed by atoms with Gasteiger partial charge in [0.05, 0.1) is 0 Å². The van der Waals surface area contributed by atoms with E-state index >= 15 is 0 Å². The van der Waals surface area contributed by atoms with Crippen molar-refractivity contribution in [1.29, 1.82) is 0 Å². The summed E-state index contributed by atoms with van der Waals surface area (Å²) in [5, 5.41) is 1.98. The van der Waals surface area contributed by atoms with Crippen LogP contribution in [0, 0.1) is 0 Å². The van der Waals surface area contributed by atoms with Crippen LogP contribution in [0.3, 0.4) is 0 Å². The van der Waals surface area contributed by atoms with Gasteiger partial charge in [-0.25, -0.2) is 9.59 Å². The Kier molecular flexibility index (Phi) is 5.82. The molecule has 0 radical (unpaired) electrons. The third-order valence-corrected chi connectivity index (χ3v) is 3.14. The van der Waals surface area contributed by atoms with E-state index in [1.807, 2.05) is 5.32 Å². The van der Waals surface area contributed by atoms with Gasteiger partial charge in [0.25, 0.3) is 17.9 Å². The van der Waals surface area contributed by atoms with Crippen molar-refractivity contribution in [3.63, 3.8) is 0 Å². The lowest BCUT2D eigenvalue weighted by Crippen LogP contribution is -2.59. The molecular formula is C8H13N5O6S. The quantitative estimate of drug-likeness (QED) is 0.316. The number of carbonyl (C=O) groups is 3. The van der Waals surface area contributed by atoms with Gasteiger partial charge in [0.1, 0.15) is 0 Å². The lowest BCUT2D eigenvalue weighted by atomic mass is 10.2. The second kappa shape index (κ2) is 6.63. The molecule has 0 aliphatic rings. The van der Waals surface area contributed by atoms with Crippen LogP contribution in [0.2, 0.25) is 0 Å². The van der Waals surface area contributed by atoms with E-state index in [0.717, 1.165) is 32.1 Å². The third kappa shape index (κ3) is 3.76. The van der Waals surface area contributed by atoms with Gasteiger partial charge in [-0.3, -0.25) is 9.59 Å². The number of nitrogens with zero attached hydrogens (tertiary/aromatic N) is 3. The number of hydrogen-bond donors (Lipinski definition) is 2. The number of rotatable bonds is 5. The van der Waals surface area contributed by atoms with Crippen molar-refractivity contribution >= 4 is 34.1 Å². The molecule has 0 saturated heterocycles. The number of amides is 4. The minimum atomic E-state index is -4.93. The van der Waals surface area contributed by atoms with Crippen molar-refractivity contribution in [2.45, 2.75) is 6.04 Å². The van der Waals surface area contributed by atoms with Crippen LogP contribution in [0.25, 0.3) is 0 Å². The van der Waals surface area contributed by atoms with E-state index < -0.39 is 34.1 Å². The fourth-order valence-electron chi connectivity index (χ4n) is 1.12. The Labute approximate surface area is 114 Å². The van der Waals surface area contributed by atoms with Crippen molar-refractivity contribution in [1.82, 2.24) is 14.5 Å². The fourth-order valence-corrected chi connectivity index (χ4v) is 2.13. The Morgan fingerprint density at radius 1 is 1.30 bits per heavy atom. The normalized spacial score (nSPS) is 11.8. The highest BCUT2D eigenvalue weighted by Crippen LogP contribution is 2.12. The average molecular weight is 307 g/mol. The summed E-state index contributed by atoms with van der Waals surface area (Å²) in [5.41, 5.74) is 4.93. The molecule has 12 heteroatoms. The fraction of sp³-hybridized carbons (Fsp3) is 0.500. The minimum Gasteiger partial charge on any atom is -0.367 e. The van der Waals surface area contributed by atoms with Gasteiger partial charge in [0.2, 0.25) is 6.04 Å². The van der Waals surface area contributed by atoms with Crippen LogP contribution in [-0.2, 0) is 24.6 Å². The van der Waals surface area contributed by atoms with Gasteiger partial charge >= 0.3 is 16.2 Å².